The van der Waals surface area contributed by atoms with Crippen LogP contribution in [0, 0.1) is 13.8 Å². The first kappa shape index (κ1) is 28.0. The first-order valence-electron chi connectivity index (χ1n) is 13.8. The maximum atomic E-state index is 14.1. The van der Waals surface area contributed by atoms with Crippen molar-refractivity contribution in [3.63, 3.8) is 0 Å². The number of nitrogens with zero attached hydrogens (tertiary/aromatic N) is 3. The molecule has 0 bridgehead atoms. The smallest absolute Gasteiger partial charge is 0.272 e. The molecule has 1 fully saturated rings. The van der Waals surface area contributed by atoms with Gasteiger partial charge in [0.25, 0.3) is 11.8 Å². The third-order valence-electron chi connectivity index (χ3n) is 7.63. The topological polar surface area (TPSA) is 85.7 Å². The third kappa shape index (κ3) is 6.27. The minimum absolute atomic E-state index is 0.127. The second-order valence-corrected chi connectivity index (χ2v) is 10.6. The Morgan fingerprint density at radius 3 is 2.37 bits per heavy atom. The fourth-order valence-corrected chi connectivity index (χ4v) is 4.91. The first-order valence-corrected chi connectivity index (χ1v) is 13.8. The summed E-state index contributed by atoms with van der Waals surface area (Å²) in [5, 5.41) is 7.67. The van der Waals surface area contributed by atoms with Gasteiger partial charge in [-0.05, 0) is 74.2 Å². The van der Waals surface area contributed by atoms with Crippen molar-refractivity contribution in [1.29, 1.82) is 0 Å². The number of carbonyl (C=O) groups excluding carboxylic acids is 2. The van der Waals surface area contributed by atoms with E-state index in [4.69, 9.17) is 9.47 Å². The third-order valence-corrected chi connectivity index (χ3v) is 7.63. The lowest BCUT2D eigenvalue weighted by Crippen LogP contribution is -2.32. The van der Waals surface area contributed by atoms with E-state index in [2.05, 4.69) is 10.4 Å². The van der Waals surface area contributed by atoms with Crippen molar-refractivity contribution < 1.29 is 19.1 Å². The van der Waals surface area contributed by atoms with Crippen molar-refractivity contribution in [3.05, 3.63) is 106 Å². The Balaban J connectivity index is 1.45. The van der Waals surface area contributed by atoms with E-state index < -0.39 is 0 Å². The van der Waals surface area contributed by atoms with E-state index in [1.165, 1.54) is 0 Å². The van der Waals surface area contributed by atoms with Crippen LogP contribution in [0.2, 0.25) is 0 Å². The van der Waals surface area contributed by atoms with Crippen LogP contribution in [0.1, 0.15) is 67.6 Å². The highest BCUT2D eigenvalue weighted by atomic mass is 16.5. The molecule has 1 saturated carbocycles. The summed E-state index contributed by atoms with van der Waals surface area (Å²) in [7, 11) is 5.03. The summed E-state index contributed by atoms with van der Waals surface area (Å²) in [5.41, 5.74) is 6.58. The zero-order valence-corrected chi connectivity index (χ0v) is 24.2. The van der Waals surface area contributed by atoms with Gasteiger partial charge in [-0.1, -0.05) is 29.8 Å². The van der Waals surface area contributed by atoms with Crippen molar-refractivity contribution >= 4 is 17.5 Å². The van der Waals surface area contributed by atoms with Gasteiger partial charge >= 0.3 is 0 Å². The first-order chi connectivity index (χ1) is 19.8. The Morgan fingerprint density at radius 1 is 0.951 bits per heavy atom. The van der Waals surface area contributed by atoms with E-state index in [-0.39, 0.29) is 11.8 Å². The van der Waals surface area contributed by atoms with Crippen molar-refractivity contribution in [2.24, 2.45) is 7.05 Å². The summed E-state index contributed by atoms with van der Waals surface area (Å²) in [4.78, 5) is 28.8. The largest absolute Gasteiger partial charge is 0.497 e. The van der Waals surface area contributed by atoms with Gasteiger partial charge in [0.05, 0.1) is 26.5 Å². The molecule has 3 aromatic carbocycles. The molecule has 0 unspecified atom stereocenters. The van der Waals surface area contributed by atoms with E-state index in [1.54, 1.807) is 23.8 Å². The Kier molecular flexibility index (Phi) is 8.10. The van der Waals surface area contributed by atoms with Crippen LogP contribution in [-0.4, -0.2) is 40.7 Å². The van der Waals surface area contributed by atoms with Crippen LogP contribution in [0.25, 0.3) is 0 Å². The van der Waals surface area contributed by atoms with E-state index in [0.717, 1.165) is 40.8 Å². The minimum Gasteiger partial charge on any atom is -0.497 e. The number of methoxy groups -OCH3 is 2. The lowest BCUT2D eigenvalue weighted by molar-refractivity contribution is 0.0717. The molecule has 1 N–H and O–H groups in total. The average Bonchev–Trinajstić information content (AvgIpc) is 3.76. The van der Waals surface area contributed by atoms with E-state index >= 15 is 0 Å². The van der Waals surface area contributed by atoms with E-state index in [0.29, 0.717) is 47.5 Å². The molecule has 8 nitrogen and oxygen atoms in total. The molecule has 2 amide bonds. The molecule has 1 aromatic heterocycles. The molecule has 5 rings (SSSR count). The second kappa shape index (κ2) is 11.9. The number of amides is 2. The molecule has 0 aliphatic heterocycles. The van der Waals surface area contributed by atoms with E-state index in [9.17, 15) is 9.59 Å². The van der Waals surface area contributed by atoms with E-state index in [1.807, 2.05) is 87.6 Å². The normalized spacial score (nSPS) is 12.6. The Morgan fingerprint density at radius 2 is 1.68 bits per heavy atom. The highest BCUT2D eigenvalue weighted by molar-refractivity contribution is 6.04. The molecular formula is C33H36N4O4. The molecule has 0 atom stereocenters. The van der Waals surface area contributed by atoms with Gasteiger partial charge in [0.15, 0.2) is 0 Å². The summed E-state index contributed by atoms with van der Waals surface area (Å²) in [6.07, 6.45) is 2.22. The SMILES string of the molecule is COc1ccc(CN(Cc2cccc(NC(=O)c3ccc(C)cc3)c2C)C(=O)c2cc(C3CC3)nn2C)c(OC)c1. The number of hydrogen-bond donors (Lipinski definition) is 1. The molecule has 0 saturated heterocycles. The van der Waals surface area contributed by atoms with Crippen LogP contribution in [0.4, 0.5) is 5.69 Å². The molecule has 4 aromatic rings. The average molecular weight is 553 g/mol. The van der Waals surface area contributed by atoms with Gasteiger partial charge in [0.2, 0.25) is 0 Å². The predicted molar refractivity (Wildman–Crippen MR) is 159 cm³/mol. The number of hydrogen-bond acceptors (Lipinski definition) is 5. The van der Waals surface area contributed by atoms with Gasteiger partial charge in [0, 0.05) is 42.4 Å². The highest BCUT2D eigenvalue weighted by Gasteiger charge is 2.30. The summed E-state index contributed by atoms with van der Waals surface area (Å²) >= 11 is 0. The molecule has 8 heteroatoms. The fourth-order valence-electron chi connectivity index (χ4n) is 4.91. The zero-order valence-electron chi connectivity index (χ0n) is 24.2. The quantitative estimate of drug-likeness (QED) is 0.260. The van der Waals surface area contributed by atoms with Crippen LogP contribution in [-0.2, 0) is 20.1 Å². The fraction of sp³-hybridized carbons (Fsp3) is 0.303. The second-order valence-electron chi connectivity index (χ2n) is 10.6. The molecule has 41 heavy (non-hydrogen) atoms. The number of benzene rings is 3. The van der Waals surface area contributed by atoms with Crippen LogP contribution < -0.4 is 14.8 Å². The maximum Gasteiger partial charge on any atom is 0.272 e. The zero-order chi connectivity index (χ0) is 29.1. The predicted octanol–water partition coefficient (Wildman–Crippen LogP) is 6.03. The number of aryl methyl sites for hydroxylation is 2. The molecule has 0 spiro atoms. The molecule has 212 valence electrons. The minimum atomic E-state index is -0.177. The number of ether oxygens (including phenoxy) is 2. The van der Waals surface area contributed by atoms with Gasteiger partial charge in [0.1, 0.15) is 17.2 Å². The summed E-state index contributed by atoms with van der Waals surface area (Å²) in [5.74, 6) is 1.45. The van der Waals surface area contributed by atoms with Crippen molar-refractivity contribution in [1.82, 2.24) is 14.7 Å². The van der Waals surface area contributed by atoms with Gasteiger partial charge in [-0.15, -0.1) is 0 Å². The lowest BCUT2D eigenvalue weighted by Gasteiger charge is -2.25. The van der Waals surface area contributed by atoms with Crippen LogP contribution >= 0.6 is 0 Å². The summed E-state index contributed by atoms with van der Waals surface area (Å²) in [6, 6.07) is 20.8. The number of aromatic nitrogens is 2. The van der Waals surface area contributed by atoms with Crippen molar-refractivity contribution in [2.45, 2.75) is 45.7 Å². The monoisotopic (exact) mass is 552 g/mol. The standard InChI is InChI=1S/C33H36N4O4/c1-21-9-11-24(12-10-21)32(38)34-28-8-6-7-25(22(28)2)19-37(20-26-15-16-27(40-4)17-31(26)41-5)33(39)30-18-29(23-13-14-23)35-36(30)3/h6-12,15-18,23H,13-14,19-20H2,1-5H3,(H,34,38). The molecule has 1 aliphatic rings. The van der Waals surface area contributed by atoms with Gasteiger partial charge < -0.3 is 19.7 Å². The Labute approximate surface area is 240 Å². The number of nitrogens with one attached hydrogen (secondary N) is 1. The number of anilines is 1. The Hall–Kier alpha value is -4.59. The summed E-state index contributed by atoms with van der Waals surface area (Å²) in [6.45, 7) is 4.60. The molecule has 1 aliphatic carbocycles. The van der Waals surface area contributed by atoms with Crippen molar-refractivity contribution in [2.75, 3.05) is 19.5 Å². The van der Waals surface area contributed by atoms with Gasteiger partial charge in [-0.2, -0.15) is 5.10 Å². The lowest BCUT2D eigenvalue weighted by atomic mass is 10.0. The van der Waals surface area contributed by atoms with Crippen LogP contribution in [0.15, 0.2) is 66.7 Å². The van der Waals surface area contributed by atoms with Crippen LogP contribution in [0.3, 0.4) is 0 Å². The molecule has 1 heterocycles. The number of carbonyl (C=O) groups is 2. The molecular weight excluding hydrogens is 516 g/mol. The van der Waals surface area contributed by atoms with Gasteiger partial charge in [-0.25, -0.2) is 0 Å². The highest BCUT2D eigenvalue weighted by Crippen LogP contribution is 2.39. The van der Waals surface area contributed by atoms with Gasteiger partial charge in [-0.3, -0.25) is 14.3 Å². The van der Waals surface area contributed by atoms with Crippen molar-refractivity contribution in [3.8, 4) is 11.5 Å². The van der Waals surface area contributed by atoms with Crippen LogP contribution in [0.5, 0.6) is 11.5 Å². The Bertz CT molecular complexity index is 1570. The molecule has 0 radical (unpaired) electrons. The summed E-state index contributed by atoms with van der Waals surface area (Å²) < 4.78 is 12.7. The number of rotatable bonds is 10. The maximum absolute atomic E-state index is 14.1.